The van der Waals surface area contributed by atoms with Crippen LogP contribution in [0.5, 0.6) is 5.75 Å². The van der Waals surface area contributed by atoms with Crippen LogP contribution in [0.15, 0.2) is 23.1 Å². The van der Waals surface area contributed by atoms with Gasteiger partial charge in [-0.15, -0.1) is 0 Å². The Balaban J connectivity index is 2.08. The number of hydrogen-bond acceptors (Lipinski definition) is 4. The third-order valence-electron chi connectivity index (χ3n) is 4.15. The summed E-state index contributed by atoms with van der Waals surface area (Å²) < 4.78 is 32.6. The Morgan fingerprint density at radius 1 is 1.38 bits per heavy atom. The first-order valence-corrected chi connectivity index (χ1v) is 8.81. The van der Waals surface area contributed by atoms with Crippen molar-refractivity contribution in [2.75, 3.05) is 13.7 Å². The second kappa shape index (κ2) is 6.77. The predicted octanol–water partition coefficient (Wildman–Crippen LogP) is 1.87. The molecule has 0 heterocycles. The maximum Gasteiger partial charge on any atom is 0.240 e. The number of sulfonamides is 1. The van der Waals surface area contributed by atoms with Crippen LogP contribution in [0.4, 0.5) is 0 Å². The van der Waals surface area contributed by atoms with Gasteiger partial charge in [0.05, 0.1) is 12.0 Å². The van der Waals surface area contributed by atoms with Crippen molar-refractivity contribution in [2.24, 2.45) is 17.6 Å². The molecule has 1 aliphatic rings. The Labute approximate surface area is 126 Å². The van der Waals surface area contributed by atoms with E-state index in [2.05, 4.69) is 11.6 Å². The summed E-state index contributed by atoms with van der Waals surface area (Å²) in [5, 5.41) is 0. The highest BCUT2D eigenvalue weighted by atomic mass is 32.2. The van der Waals surface area contributed by atoms with Crippen molar-refractivity contribution in [3.63, 3.8) is 0 Å². The molecular formula is C15H24N2O3S. The van der Waals surface area contributed by atoms with Gasteiger partial charge in [0.2, 0.25) is 10.0 Å². The molecule has 1 saturated carbocycles. The molecule has 6 heteroatoms. The zero-order valence-electron chi connectivity index (χ0n) is 12.6. The molecule has 0 spiro atoms. The summed E-state index contributed by atoms with van der Waals surface area (Å²) in [4.78, 5) is 0.245. The van der Waals surface area contributed by atoms with E-state index in [1.807, 2.05) is 0 Å². The van der Waals surface area contributed by atoms with E-state index in [9.17, 15) is 8.42 Å². The number of nitrogens with two attached hydrogens (primary N) is 1. The summed E-state index contributed by atoms with van der Waals surface area (Å²) in [5.74, 6) is 1.76. The van der Waals surface area contributed by atoms with Gasteiger partial charge in [0, 0.05) is 18.7 Å². The van der Waals surface area contributed by atoms with Gasteiger partial charge in [-0.3, -0.25) is 0 Å². The zero-order valence-corrected chi connectivity index (χ0v) is 13.4. The van der Waals surface area contributed by atoms with Gasteiger partial charge in [0.15, 0.2) is 0 Å². The van der Waals surface area contributed by atoms with E-state index in [4.69, 9.17) is 10.5 Å². The maximum absolute atomic E-state index is 12.3. The van der Waals surface area contributed by atoms with E-state index in [1.54, 1.807) is 25.3 Å². The minimum Gasteiger partial charge on any atom is -0.496 e. The predicted molar refractivity (Wildman–Crippen MR) is 82.6 cm³/mol. The molecule has 3 N–H and O–H groups in total. The van der Waals surface area contributed by atoms with Gasteiger partial charge < -0.3 is 10.5 Å². The molecule has 1 aliphatic carbocycles. The Bertz CT molecular complexity index is 587. The Morgan fingerprint density at radius 2 is 2.14 bits per heavy atom. The highest BCUT2D eigenvalue weighted by Gasteiger charge is 2.24. The van der Waals surface area contributed by atoms with Crippen molar-refractivity contribution in [3.05, 3.63) is 23.8 Å². The quantitative estimate of drug-likeness (QED) is 0.840. The second-order valence-electron chi connectivity index (χ2n) is 5.81. The van der Waals surface area contributed by atoms with Crippen molar-refractivity contribution in [2.45, 2.75) is 37.6 Å². The van der Waals surface area contributed by atoms with Crippen LogP contribution < -0.4 is 15.2 Å². The molecule has 5 nitrogen and oxygen atoms in total. The lowest BCUT2D eigenvalue weighted by Crippen LogP contribution is -2.28. The lowest BCUT2D eigenvalue weighted by molar-refractivity contribution is 0.409. The highest BCUT2D eigenvalue weighted by molar-refractivity contribution is 7.89. The van der Waals surface area contributed by atoms with Crippen molar-refractivity contribution in [1.29, 1.82) is 0 Å². The smallest absolute Gasteiger partial charge is 0.240 e. The molecule has 0 saturated heterocycles. The molecule has 2 rings (SSSR count). The Kier molecular flexibility index (Phi) is 5.24. The fourth-order valence-corrected chi connectivity index (χ4v) is 4.07. The molecule has 0 amide bonds. The van der Waals surface area contributed by atoms with Crippen molar-refractivity contribution in [1.82, 2.24) is 4.72 Å². The highest BCUT2D eigenvalue weighted by Crippen LogP contribution is 2.30. The molecule has 0 aliphatic heterocycles. The number of methoxy groups -OCH3 is 1. The van der Waals surface area contributed by atoms with E-state index in [0.29, 0.717) is 29.7 Å². The second-order valence-corrected chi connectivity index (χ2v) is 7.58. The first kappa shape index (κ1) is 16.3. The minimum atomic E-state index is -3.48. The van der Waals surface area contributed by atoms with Crippen LogP contribution in [0, 0.1) is 11.8 Å². The minimum absolute atomic E-state index is 0.243. The summed E-state index contributed by atoms with van der Waals surface area (Å²) >= 11 is 0. The largest absolute Gasteiger partial charge is 0.496 e. The number of nitrogens with one attached hydrogen (secondary N) is 1. The molecule has 1 fully saturated rings. The summed E-state index contributed by atoms with van der Waals surface area (Å²) in [7, 11) is -1.94. The van der Waals surface area contributed by atoms with Crippen LogP contribution >= 0.6 is 0 Å². The summed E-state index contributed by atoms with van der Waals surface area (Å²) in [6.45, 7) is 2.97. The molecule has 21 heavy (non-hydrogen) atoms. The summed E-state index contributed by atoms with van der Waals surface area (Å²) in [5.41, 5.74) is 6.32. The van der Waals surface area contributed by atoms with Gasteiger partial charge >= 0.3 is 0 Å². The van der Waals surface area contributed by atoms with Crippen molar-refractivity contribution < 1.29 is 13.2 Å². The van der Waals surface area contributed by atoms with Crippen LogP contribution in [0.2, 0.25) is 0 Å². The standard InChI is InChI=1S/C15H24N2O3S/c1-11-3-4-12(7-11)10-17-21(18,19)14-5-6-15(20-2)13(8-14)9-16/h5-6,8,11-12,17H,3-4,7,9-10,16H2,1-2H3. The topological polar surface area (TPSA) is 81.4 Å². The number of hydrogen-bond donors (Lipinski definition) is 2. The van der Waals surface area contributed by atoms with E-state index in [0.717, 1.165) is 12.8 Å². The first-order chi connectivity index (χ1) is 9.96. The van der Waals surface area contributed by atoms with Gasteiger partial charge in [0.25, 0.3) is 0 Å². The number of benzene rings is 1. The van der Waals surface area contributed by atoms with E-state index in [1.165, 1.54) is 6.42 Å². The van der Waals surface area contributed by atoms with Crippen LogP contribution in [0.3, 0.4) is 0 Å². The molecule has 2 atom stereocenters. The maximum atomic E-state index is 12.3. The van der Waals surface area contributed by atoms with Crippen LogP contribution in [0.25, 0.3) is 0 Å². The monoisotopic (exact) mass is 312 g/mol. The van der Waals surface area contributed by atoms with Gasteiger partial charge in [-0.25, -0.2) is 13.1 Å². The first-order valence-electron chi connectivity index (χ1n) is 7.33. The molecule has 2 unspecified atom stereocenters. The third kappa shape index (κ3) is 3.96. The van der Waals surface area contributed by atoms with Gasteiger partial charge in [-0.2, -0.15) is 0 Å². The molecular weight excluding hydrogens is 288 g/mol. The molecule has 118 valence electrons. The lowest BCUT2D eigenvalue weighted by atomic mass is 10.1. The lowest BCUT2D eigenvalue weighted by Gasteiger charge is -2.13. The Morgan fingerprint density at radius 3 is 2.71 bits per heavy atom. The van der Waals surface area contributed by atoms with Gasteiger partial charge in [-0.05, 0) is 42.9 Å². The Hall–Kier alpha value is -1.11. The van der Waals surface area contributed by atoms with Crippen LogP contribution in [-0.2, 0) is 16.6 Å². The average Bonchev–Trinajstić information content (AvgIpc) is 2.90. The van der Waals surface area contributed by atoms with Gasteiger partial charge in [-0.1, -0.05) is 13.3 Å². The molecule has 0 aromatic heterocycles. The van der Waals surface area contributed by atoms with Crippen molar-refractivity contribution in [3.8, 4) is 5.75 Å². The summed E-state index contributed by atoms with van der Waals surface area (Å²) in [6, 6.07) is 4.78. The third-order valence-corrected chi connectivity index (χ3v) is 5.57. The van der Waals surface area contributed by atoms with E-state index >= 15 is 0 Å². The number of rotatable bonds is 6. The summed E-state index contributed by atoms with van der Waals surface area (Å²) in [6.07, 6.45) is 3.38. The normalized spacial score (nSPS) is 22.4. The SMILES string of the molecule is COc1ccc(S(=O)(=O)NCC2CCC(C)C2)cc1CN. The fraction of sp³-hybridized carbons (Fsp3) is 0.600. The zero-order chi connectivity index (χ0) is 15.5. The molecule has 0 bridgehead atoms. The van der Waals surface area contributed by atoms with E-state index < -0.39 is 10.0 Å². The number of ether oxygens (including phenoxy) is 1. The van der Waals surface area contributed by atoms with Gasteiger partial charge in [0.1, 0.15) is 5.75 Å². The van der Waals surface area contributed by atoms with Crippen LogP contribution in [-0.4, -0.2) is 22.1 Å². The molecule has 0 radical (unpaired) electrons. The van der Waals surface area contributed by atoms with Crippen molar-refractivity contribution >= 4 is 10.0 Å². The van der Waals surface area contributed by atoms with E-state index in [-0.39, 0.29) is 11.4 Å². The molecule has 1 aromatic rings. The fourth-order valence-electron chi connectivity index (χ4n) is 2.90. The molecule has 1 aromatic carbocycles. The average molecular weight is 312 g/mol. The van der Waals surface area contributed by atoms with Crippen LogP contribution in [0.1, 0.15) is 31.7 Å².